The molecule has 0 unspecified atom stereocenters. The van der Waals surface area contributed by atoms with Gasteiger partial charge in [0.05, 0.1) is 31.5 Å². The van der Waals surface area contributed by atoms with Crippen molar-refractivity contribution in [3.63, 3.8) is 0 Å². The molecule has 8 heteroatoms. The molecule has 0 saturated carbocycles. The first-order valence-electron chi connectivity index (χ1n) is 6.95. The van der Waals surface area contributed by atoms with Crippen LogP contribution in [-0.2, 0) is 14.8 Å². The number of rotatable bonds is 3. The number of fused-ring (bicyclic) bond motifs is 1. The van der Waals surface area contributed by atoms with Crippen molar-refractivity contribution in [2.45, 2.75) is 18.0 Å². The van der Waals surface area contributed by atoms with Gasteiger partial charge in [-0.3, -0.25) is 4.79 Å². The van der Waals surface area contributed by atoms with E-state index in [4.69, 9.17) is 0 Å². The quantitative estimate of drug-likeness (QED) is 0.811. The Morgan fingerprint density at radius 2 is 1.95 bits per heavy atom. The topological polar surface area (TPSA) is 77.9 Å². The van der Waals surface area contributed by atoms with Crippen molar-refractivity contribution < 1.29 is 18.3 Å². The molecular formula is C14H17BrN2O4S. The van der Waals surface area contributed by atoms with Crippen LogP contribution in [0.15, 0.2) is 28.7 Å². The molecule has 0 bridgehead atoms. The summed E-state index contributed by atoms with van der Waals surface area (Å²) in [7, 11) is -3.40. The highest BCUT2D eigenvalue weighted by Gasteiger charge is 2.54. The number of amides is 1. The smallest absolute Gasteiger partial charge is 0.238 e. The zero-order chi connectivity index (χ0) is 16.1. The van der Waals surface area contributed by atoms with Gasteiger partial charge >= 0.3 is 0 Å². The molecule has 2 heterocycles. The van der Waals surface area contributed by atoms with Crippen molar-refractivity contribution in [1.29, 1.82) is 0 Å². The normalized spacial score (nSPS) is 29.1. The Morgan fingerprint density at radius 3 is 2.50 bits per heavy atom. The van der Waals surface area contributed by atoms with E-state index < -0.39 is 10.0 Å². The number of carbonyl (C=O) groups is 1. The van der Waals surface area contributed by atoms with Gasteiger partial charge in [-0.15, -0.1) is 0 Å². The summed E-state index contributed by atoms with van der Waals surface area (Å²) in [5.74, 6) is -0.291. The second-order valence-electron chi connectivity index (χ2n) is 5.75. The average molecular weight is 389 g/mol. The van der Waals surface area contributed by atoms with Crippen LogP contribution in [0.5, 0.6) is 0 Å². The number of hydrogen-bond acceptors (Lipinski definition) is 4. The van der Waals surface area contributed by atoms with E-state index in [1.54, 1.807) is 4.90 Å². The number of halogens is 1. The number of nitrogens with zero attached hydrogens (tertiary/aromatic N) is 2. The van der Waals surface area contributed by atoms with E-state index in [0.29, 0.717) is 0 Å². The molecule has 2 saturated heterocycles. The molecule has 1 amide bonds. The van der Waals surface area contributed by atoms with E-state index in [-0.39, 0.29) is 43.6 Å². The predicted molar refractivity (Wildman–Crippen MR) is 84.8 cm³/mol. The number of aliphatic hydroxyl groups is 1. The van der Waals surface area contributed by atoms with E-state index in [2.05, 4.69) is 15.9 Å². The van der Waals surface area contributed by atoms with Crippen LogP contribution in [0.3, 0.4) is 0 Å². The fourth-order valence-corrected chi connectivity index (χ4v) is 4.44. The van der Waals surface area contributed by atoms with Gasteiger partial charge in [0.15, 0.2) is 0 Å². The fourth-order valence-electron chi connectivity index (χ4n) is 3.41. The van der Waals surface area contributed by atoms with Crippen LogP contribution in [0.1, 0.15) is 11.5 Å². The van der Waals surface area contributed by atoms with Crippen molar-refractivity contribution in [1.82, 2.24) is 9.21 Å². The van der Waals surface area contributed by atoms with Gasteiger partial charge in [-0.25, -0.2) is 8.42 Å². The van der Waals surface area contributed by atoms with Crippen molar-refractivity contribution in [3.8, 4) is 0 Å². The highest BCUT2D eigenvalue weighted by Crippen LogP contribution is 2.43. The molecule has 3 atom stereocenters. The molecule has 1 aromatic rings. The molecule has 0 spiro atoms. The Hall–Kier alpha value is -0.960. The average Bonchev–Trinajstić information content (AvgIpc) is 2.42. The van der Waals surface area contributed by atoms with E-state index >= 15 is 0 Å². The van der Waals surface area contributed by atoms with Crippen LogP contribution < -0.4 is 0 Å². The number of hydrogen-bond donors (Lipinski definition) is 1. The second-order valence-corrected chi connectivity index (χ2v) is 8.65. The number of piperazine rings is 1. The maximum Gasteiger partial charge on any atom is 0.238 e. The lowest BCUT2D eigenvalue weighted by molar-refractivity contribution is -0.158. The summed E-state index contributed by atoms with van der Waals surface area (Å²) >= 11 is 3.38. The first-order chi connectivity index (χ1) is 10.3. The summed E-state index contributed by atoms with van der Waals surface area (Å²) in [6.45, 7) is 0.0164. The van der Waals surface area contributed by atoms with Crippen LogP contribution >= 0.6 is 15.9 Å². The molecular weight excluding hydrogens is 372 g/mol. The molecule has 3 rings (SSSR count). The van der Waals surface area contributed by atoms with E-state index in [9.17, 15) is 18.3 Å². The van der Waals surface area contributed by atoms with E-state index in [1.165, 1.54) is 4.31 Å². The van der Waals surface area contributed by atoms with Gasteiger partial charge in [0.1, 0.15) is 0 Å². The lowest BCUT2D eigenvalue weighted by Crippen LogP contribution is -2.73. The Labute approximate surface area is 137 Å². The van der Waals surface area contributed by atoms with Gasteiger partial charge in [0.2, 0.25) is 15.9 Å². The molecule has 2 aliphatic heterocycles. The molecule has 2 aliphatic rings. The molecule has 0 aliphatic carbocycles. The number of aliphatic hydroxyl groups excluding tert-OH is 1. The van der Waals surface area contributed by atoms with Crippen molar-refractivity contribution in [3.05, 3.63) is 34.3 Å². The van der Waals surface area contributed by atoms with Crippen molar-refractivity contribution in [2.75, 3.05) is 26.0 Å². The zero-order valence-electron chi connectivity index (χ0n) is 12.0. The van der Waals surface area contributed by atoms with Crippen LogP contribution in [-0.4, -0.2) is 66.7 Å². The molecule has 120 valence electrons. The Balaban J connectivity index is 1.91. The minimum absolute atomic E-state index is 0.0494. The van der Waals surface area contributed by atoms with Crippen LogP contribution in [0.25, 0.3) is 0 Å². The predicted octanol–water partition coefficient (Wildman–Crippen LogP) is 0.380. The van der Waals surface area contributed by atoms with Gasteiger partial charge in [-0.05, 0) is 17.7 Å². The Kier molecular flexibility index (Phi) is 4.05. The van der Waals surface area contributed by atoms with Gasteiger partial charge in [0, 0.05) is 16.9 Å². The lowest BCUT2D eigenvalue weighted by atomic mass is 9.74. The van der Waals surface area contributed by atoms with Crippen molar-refractivity contribution in [2.24, 2.45) is 0 Å². The molecule has 1 N–H and O–H groups in total. The molecule has 1 aromatic carbocycles. The number of sulfonamides is 1. The zero-order valence-corrected chi connectivity index (χ0v) is 14.4. The molecule has 6 nitrogen and oxygen atoms in total. The third kappa shape index (κ3) is 2.58. The van der Waals surface area contributed by atoms with Gasteiger partial charge in [0.25, 0.3) is 0 Å². The molecule has 2 fully saturated rings. The third-order valence-corrected chi connectivity index (χ3v) is 6.19. The third-order valence-electron chi connectivity index (χ3n) is 4.44. The second kappa shape index (κ2) is 5.59. The van der Waals surface area contributed by atoms with Crippen LogP contribution in [0.4, 0.5) is 0 Å². The van der Waals surface area contributed by atoms with Gasteiger partial charge < -0.3 is 10.0 Å². The van der Waals surface area contributed by atoms with Crippen LogP contribution in [0, 0.1) is 0 Å². The van der Waals surface area contributed by atoms with Crippen LogP contribution in [0.2, 0.25) is 0 Å². The maximum absolute atomic E-state index is 12.2. The minimum Gasteiger partial charge on any atom is -0.394 e. The Bertz CT molecular complexity index is 691. The minimum atomic E-state index is -3.40. The van der Waals surface area contributed by atoms with E-state index in [0.717, 1.165) is 16.3 Å². The summed E-state index contributed by atoms with van der Waals surface area (Å²) in [4.78, 5) is 13.8. The molecule has 22 heavy (non-hydrogen) atoms. The van der Waals surface area contributed by atoms with Crippen molar-refractivity contribution >= 4 is 31.9 Å². The standard InChI is InChI=1S/C14H17BrN2O4S/c1-22(20,21)16-6-11-14(9-2-4-10(15)5-3-9)12(8-18)17(11)13(19)7-16/h2-5,11-12,14,18H,6-8H2,1H3/t11-,12+,14-/m0/s1. The molecule has 0 aromatic heterocycles. The summed E-state index contributed by atoms with van der Waals surface area (Å²) < 4.78 is 25.7. The number of carbonyl (C=O) groups excluding carboxylic acids is 1. The maximum atomic E-state index is 12.2. The van der Waals surface area contributed by atoms with Gasteiger partial charge in [-0.2, -0.15) is 4.31 Å². The fraction of sp³-hybridized carbons (Fsp3) is 0.500. The van der Waals surface area contributed by atoms with Gasteiger partial charge in [-0.1, -0.05) is 28.1 Å². The first-order valence-corrected chi connectivity index (χ1v) is 9.59. The number of benzene rings is 1. The summed E-state index contributed by atoms with van der Waals surface area (Å²) in [6, 6.07) is 7.21. The highest BCUT2D eigenvalue weighted by atomic mass is 79.9. The van der Waals surface area contributed by atoms with E-state index in [1.807, 2.05) is 24.3 Å². The largest absolute Gasteiger partial charge is 0.394 e. The summed E-state index contributed by atoms with van der Waals surface area (Å²) in [6.07, 6.45) is 1.12. The molecule has 0 radical (unpaired) electrons. The first kappa shape index (κ1) is 15.9. The highest BCUT2D eigenvalue weighted by molar-refractivity contribution is 9.10. The monoisotopic (exact) mass is 388 g/mol. The summed E-state index contributed by atoms with van der Waals surface area (Å²) in [5, 5.41) is 9.62. The summed E-state index contributed by atoms with van der Waals surface area (Å²) in [5.41, 5.74) is 1.01. The SMILES string of the molecule is CS(=O)(=O)N1CC(=O)N2[C@H](CO)[C@@H](c3ccc(Br)cc3)[C@@H]2C1. The Morgan fingerprint density at radius 1 is 1.32 bits per heavy atom. The lowest BCUT2D eigenvalue weighted by Gasteiger charge is -2.58.